The van der Waals surface area contributed by atoms with E-state index in [4.69, 9.17) is 0 Å². The van der Waals surface area contributed by atoms with Crippen molar-refractivity contribution in [2.45, 2.75) is 54.4 Å². The average Bonchev–Trinajstić information content (AvgIpc) is 2.70. The quantitative estimate of drug-likeness (QED) is 0.441. The van der Waals surface area contributed by atoms with Crippen LogP contribution in [0.1, 0.15) is 54.4 Å². The maximum absolute atomic E-state index is 12.3. The molecule has 0 aromatic heterocycles. The lowest BCUT2D eigenvalue weighted by molar-refractivity contribution is -0.137. The second-order valence-electron chi connectivity index (χ2n) is 5.34. The highest BCUT2D eigenvalue weighted by atomic mass is 16.2. The van der Waals surface area contributed by atoms with Gasteiger partial charge in [-0.1, -0.05) is 90.7 Å². The van der Waals surface area contributed by atoms with Gasteiger partial charge in [0.05, 0.1) is 0 Å². The topological polar surface area (TPSA) is 75.3 Å². The van der Waals surface area contributed by atoms with Crippen LogP contribution < -0.4 is 10.6 Å². The summed E-state index contributed by atoms with van der Waals surface area (Å²) in [5, 5.41) is 4.34. The van der Waals surface area contributed by atoms with Crippen molar-refractivity contribution < 1.29 is 14.4 Å². The molecule has 1 fully saturated rings. The summed E-state index contributed by atoms with van der Waals surface area (Å²) in [6, 6.07) is -0.790. The Labute approximate surface area is 170 Å². The summed E-state index contributed by atoms with van der Waals surface area (Å²) in [6.45, 7) is 19.3. The van der Waals surface area contributed by atoms with Crippen LogP contribution in [0.2, 0.25) is 0 Å². The van der Waals surface area contributed by atoms with Gasteiger partial charge in [0.1, 0.15) is 5.92 Å². The average molecular weight is 389 g/mol. The van der Waals surface area contributed by atoms with Gasteiger partial charge in [-0.05, 0) is 24.5 Å². The predicted octanol–water partition coefficient (Wildman–Crippen LogP) is 5.24. The molecule has 0 radical (unpaired) electrons. The van der Waals surface area contributed by atoms with Gasteiger partial charge in [-0.15, -0.1) is 0 Å². The first-order chi connectivity index (χ1) is 13.5. The van der Waals surface area contributed by atoms with Crippen molar-refractivity contribution in [2.75, 3.05) is 0 Å². The Bertz CT molecular complexity index is 608. The van der Waals surface area contributed by atoms with E-state index in [2.05, 4.69) is 23.8 Å². The van der Waals surface area contributed by atoms with Gasteiger partial charge >= 0.3 is 6.03 Å². The molecular weight excluding hydrogens is 352 g/mol. The van der Waals surface area contributed by atoms with Crippen LogP contribution in [0, 0.1) is 11.8 Å². The lowest BCUT2D eigenvalue weighted by Crippen LogP contribution is -2.58. The summed E-state index contributed by atoms with van der Waals surface area (Å²) in [5.41, 5.74) is 1.56. The summed E-state index contributed by atoms with van der Waals surface area (Å²) in [4.78, 5) is 36.0. The lowest BCUT2D eigenvalue weighted by atomic mass is 9.77. The van der Waals surface area contributed by atoms with Crippen molar-refractivity contribution in [3.63, 3.8) is 0 Å². The number of nitrogens with one attached hydrogen (secondary N) is 2. The number of hydrogen-bond acceptors (Lipinski definition) is 3. The summed E-state index contributed by atoms with van der Waals surface area (Å²) in [7, 11) is 0. The molecule has 0 saturated carbocycles. The molecule has 1 rings (SSSR count). The summed E-state index contributed by atoms with van der Waals surface area (Å²) in [6.07, 6.45) is 12.4. The van der Waals surface area contributed by atoms with Gasteiger partial charge in [0, 0.05) is 5.92 Å². The van der Waals surface area contributed by atoms with Gasteiger partial charge in [0.25, 0.3) is 0 Å². The molecule has 2 N–H and O–H groups in total. The van der Waals surface area contributed by atoms with Crippen molar-refractivity contribution in [3.8, 4) is 0 Å². The predicted molar refractivity (Wildman–Crippen MR) is 118 cm³/mol. The van der Waals surface area contributed by atoms with Crippen LogP contribution in [0.4, 0.5) is 4.79 Å². The molecule has 0 bridgehead atoms. The Balaban J connectivity index is 0. The monoisotopic (exact) mass is 388 g/mol. The molecule has 1 aliphatic rings. The van der Waals surface area contributed by atoms with E-state index in [0.29, 0.717) is 0 Å². The molecule has 28 heavy (non-hydrogen) atoms. The van der Waals surface area contributed by atoms with Gasteiger partial charge in [-0.2, -0.15) is 0 Å². The maximum atomic E-state index is 12.3. The summed E-state index contributed by atoms with van der Waals surface area (Å²) >= 11 is 0. The molecular formula is C23H36N2O3. The van der Waals surface area contributed by atoms with Crippen molar-refractivity contribution >= 4 is 17.8 Å². The molecule has 1 heterocycles. The number of hydrogen-bond donors (Lipinski definition) is 2. The standard InChI is InChI=1S/C19H24N2O3.2C2H6/c1-5-9-11-13(7-3)15(14(8-4)12-10-6-2)16-17(22)20-19(24)21-18(16)23;2*1-2/h5,7-9,11-12,15-16H,1,4,6,10H2,2-3H3,(H2,20,21,22,23,24);2*1-2H3/b11-9-,13-7+,14-12+;;. The van der Waals surface area contributed by atoms with Gasteiger partial charge in [0.15, 0.2) is 0 Å². The minimum absolute atomic E-state index is 0.525. The Morgan fingerprint density at radius 3 is 1.96 bits per heavy atom. The first-order valence-corrected chi connectivity index (χ1v) is 9.93. The van der Waals surface area contributed by atoms with E-state index in [1.807, 2.05) is 53.7 Å². The van der Waals surface area contributed by atoms with Gasteiger partial charge in [-0.25, -0.2) is 4.79 Å². The smallest absolute Gasteiger partial charge is 0.277 e. The molecule has 4 amide bonds. The number of barbiturate groups is 1. The number of carbonyl (C=O) groups is 3. The van der Waals surface area contributed by atoms with Crippen LogP contribution in [-0.2, 0) is 9.59 Å². The molecule has 0 aliphatic carbocycles. The number of urea groups is 1. The zero-order valence-electron chi connectivity index (χ0n) is 18.2. The highest BCUT2D eigenvalue weighted by molar-refractivity contribution is 6.16. The summed E-state index contributed by atoms with van der Waals surface area (Å²) in [5.74, 6) is -2.78. The van der Waals surface area contributed by atoms with E-state index >= 15 is 0 Å². The molecule has 5 nitrogen and oxygen atoms in total. The first kappa shape index (κ1) is 27.5. The fraction of sp³-hybridized carbons (Fsp3) is 0.435. The Kier molecular flexibility index (Phi) is 16.2. The molecule has 156 valence electrons. The van der Waals surface area contributed by atoms with E-state index < -0.39 is 29.7 Å². The van der Waals surface area contributed by atoms with Gasteiger partial charge in [-0.3, -0.25) is 20.2 Å². The number of amides is 4. The van der Waals surface area contributed by atoms with Gasteiger partial charge < -0.3 is 0 Å². The van der Waals surface area contributed by atoms with Crippen LogP contribution in [0.15, 0.2) is 60.8 Å². The molecule has 1 saturated heterocycles. The molecule has 0 aromatic rings. The van der Waals surface area contributed by atoms with Crippen molar-refractivity contribution in [1.29, 1.82) is 0 Å². The fourth-order valence-electron chi connectivity index (χ4n) is 2.62. The normalized spacial score (nSPS) is 16.1. The molecule has 0 aromatic carbocycles. The number of imide groups is 2. The lowest BCUT2D eigenvalue weighted by Gasteiger charge is -2.30. The van der Waals surface area contributed by atoms with Crippen LogP contribution in [0.3, 0.4) is 0 Å². The van der Waals surface area contributed by atoms with Crippen LogP contribution in [0.5, 0.6) is 0 Å². The zero-order chi connectivity index (χ0) is 22.1. The minimum atomic E-state index is -1.04. The number of carbonyl (C=O) groups excluding carboxylic acids is 3. The van der Waals surface area contributed by atoms with Crippen molar-refractivity contribution in [2.24, 2.45) is 11.8 Å². The third kappa shape index (κ3) is 8.33. The van der Waals surface area contributed by atoms with E-state index in [0.717, 1.165) is 24.0 Å². The highest BCUT2D eigenvalue weighted by Crippen LogP contribution is 2.32. The van der Waals surface area contributed by atoms with Crippen LogP contribution in [-0.4, -0.2) is 17.8 Å². The van der Waals surface area contributed by atoms with E-state index in [9.17, 15) is 14.4 Å². The SMILES string of the molecule is C=C/C=C\C(=C/C)C(/C(C=C)=C/CCC)C1C(=O)NC(=O)NC1=O.CC.CC. The Morgan fingerprint density at radius 1 is 1.04 bits per heavy atom. The second-order valence-corrected chi connectivity index (χ2v) is 5.34. The van der Waals surface area contributed by atoms with Gasteiger partial charge in [0.2, 0.25) is 11.8 Å². The number of unbranched alkanes of at least 4 members (excludes halogenated alkanes) is 1. The van der Waals surface area contributed by atoms with E-state index in [1.54, 1.807) is 24.3 Å². The molecule has 1 aliphatic heterocycles. The van der Waals surface area contributed by atoms with Crippen LogP contribution >= 0.6 is 0 Å². The molecule has 1 atom stereocenters. The summed E-state index contributed by atoms with van der Waals surface area (Å²) < 4.78 is 0. The van der Waals surface area contributed by atoms with Crippen LogP contribution in [0.25, 0.3) is 0 Å². The van der Waals surface area contributed by atoms with Crippen molar-refractivity contribution in [3.05, 3.63) is 60.8 Å². The molecule has 1 unspecified atom stereocenters. The zero-order valence-corrected chi connectivity index (χ0v) is 18.2. The second kappa shape index (κ2) is 16.5. The number of rotatable bonds is 8. The third-order valence-corrected chi connectivity index (χ3v) is 3.75. The van der Waals surface area contributed by atoms with Crippen molar-refractivity contribution in [1.82, 2.24) is 10.6 Å². The Hall–Kier alpha value is -2.69. The highest BCUT2D eigenvalue weighted by Gasteiger charge is 2.41. The first-order valence-electron chi connectivity index (χ1n) is 9.93. The maximum Gasteiger partial charge on any atom is 0.328 e. The van der Waals surface area contributed by atoms with E-state index in [1.165, 1.54) is 0 Å². The minimum Gasteiger partial charge on any atom is -0.277 e. The fourth-order valence-corrected chi connectivity index (χ4v) is 2.62. The van der Waals surface area contributed by atoms with E-state index in [-0.39, 0.29) is 0 Å². The molecule has 0 spiro atoms. The molecule has 5 heteroatoms. The number of allylic oxidation sites excluding steroid dienone is 8. The third-order valence-electron chi connectivity index (χ3n) is 3.75. The Morgan fingerprint density at radius 2 is 1.57 bits per heavy atom. The largest absolute Gasteiger partial charge is 0.328 e.